The molecule has 0 aliphatic rings. The van der Waals surface area contributed by atoms with E-state index in [0.717, 1.165) is 10.9 Å². The number of amides is 3. The van der Waals surface area contributed by atoms with Crippen molar-refractivity contribution < 1.29 is 39.3 Å². The van der Waals surface area contributed by atoms with Gasteiger partial charge in [0, 0.05) is 23.5 Å². The van der Waals surface area contributed by atoms with E-state index >= 15 is 0 Å². The topological polar surface area (TPSA) is 224 Å². The molecule has 0 spiro atoms. The Kier molecular flexibility index (Phi) is 10.6. The van der Waals surface area contributed by atoms with E-state index in [9.17, 15) is 34.2 Å². The number of aromatic nitrogens is 1. The number of aliphatic carboxylic acids is 2. The second-order valence-corrected chi connectivity index (χ2v) is 9.10. The first kappa shape index (κ1) is 29.3. The van der Waals surface area contributed by atoms with Crippen LogP contribution in [0.25, 0.3) is 10.9 Å². The lowest BCUT2D eigenvalue weighted by Crippen LogP contribution is -2.58. The number of para-hydroxylation sites is 1. The average Bonchev–Trinajstić information content (AvgIpc) is 3.24. The van der Waals surface area contributed by atoms with Crippen LogP contribution in [0.1, 0.15) is 32.3 Å². The lowest BCUT2D eigenvalue weighted by Gasteiger charge is -2.25. The fourth-order valence-electron chi connectivity index (χ4n) is 3.71. The van der Waals surface area contributed by atoms with Crippen molar-refractivity contribution in [2.75, 3.05) is 6.61 Å². The standard InChI is InChI=1S/C24H33N5O8/c1-12(2)7-19(24(36)37)29-22(34)17(8-13-10-26-16-6-4-3-5-14(13)16)28-23(35)18(9-20(31)32)27-21(33)15(25)11-30/h3-6,10,12,15,17-19,26,30H,7-9,11,25H2,1-2H3,(H,27,33)(H,28,35)(H,29,34)(H,31,32)(H,36,37). The summed E-state index contributed by atoms with van der Waals surface area (Å²) in [6, 6.07) is 1.72. The Morgan fingerprint density at radius 1 is 0.919 bits per heavy atom. The highest BCUT2D eigenvalue weighted by atomic mass is 16.4. The normalized spacial score (nSPS) is 14.4. The number of carboxylic acid groups (broad SMARTS) is 2. The molecule has 0 bridgehead atoms. The van der Waals surface area contributed by atoms with Gasteiger partial charge in [0.25, 0.3) is 0 Å². The van der Waals surface area contributed by atoms with Gasteiger partial charge in [-0.1, -0.05) is 32.0 Å². The maximum atomic E-state index is 13.2. The Bertz CT molecular complexity index is 1130. The molecule has 0 aliphatic heterocycles. The molecule has 0 radical (unpaired) electrons. The molecule has 4 atom stereocenters. The van der Waals surface area contributed by atoms with Crippen LogP contribution >= 0.6 is 0 Å². The van der Waals surface area contributed by atoms with Gasteiger partial charge >= 0.3 is 11.9 Å². The first-order valence-corrected chi connectivity index (χ1v) is 11.7. The van der Waals surface area contributed by atoms with Crippen LogP contribution in [-0.2, 0) is 30.4 Å². The third kappa shape index (κ3) is 8.58. The number of nitrogens with one attached hydrogen (secondary N) is 4. The zero-order valence-electron chi connectivity index (χ0n) is 20.6. The van der Waals surface area contributed by atoms with Crippen LogP contribution < -0.4 is 21.7 Å². The van der Waals surface area contributed by atoms with Crippen molar-refractivity contribution in [3.63, 3.8) is 0 Å². The van der Waals surface area contributed by atoms with E-state index in [1.807, 2.05) is 12.1 Å². The Morgan fingerprint density at radius 3 is 2.11 bits per heavy atom. The van der Waals surface area contributed by atoms with E-state index < -0.39 is 66.9 Å². The third-order valence-corrected chi connectivity index (χ3v) is 5.60. The van der Waals surface area contributed by atoms with Crippen molar-refractivity contribution in [3.05, 3.63) is 36.0 Å². The first-order chi connectivity index (χ1) is 17.4. The van der Waals surface area contributed by atoms with Crippen LogP contribution in [0.5, 0.6) is 0 Å². The molecule has 13 nitrogen and oxygen atoms in total. The van der Waals surface area contributed by atoms with Gasteiger partial charge in [-0.3, -0.25) is 19.2 Å². The number of rotatable bonds is 14. The van der Waals surface area contributed by atoms with Gasteiger partial charge in [0.2, 0.25) is 17.7 Å². The third-order valence-electron chi connectivity index (χ3n) is 5.60. The molecule has 1 aromatic heterocycles. The monoisotopic (exact) mass is 519 g/mol. The molecule has 0 saturated heterocycles. The highest BCUT2D eigenvalue weighted by molar-refractivity contribution is 5.96. The van der Waals surface area contributed by atoms with Crippen molar-refractivity contribution in [2.45, 2.75) is 57.3 Å². The molecule has 1 heterocycles. The van der Waals surface area contributed by atoms with Crippen molar-refractivity contribution >= 4 is 40.6 Å². The molecule has 3 amide bonds. The Morgan fingerprint density at radius 2 is 1.51 bits per heavy atom. The molecule has 4 unspecified atom stereocenters. The number of benzene rings is 1. The number of carbonyl (C=O) groups is 5. The number of H-pyrrole nitrogens is 1. The number of hydrogen-bond donors (Lipinski definition) is 8. The van der Waals surface area contributed by atoms with Gasteiger partial charge in [0.15, 0.2) is 0 Å². The van der Waals surface area contributed by atoms with Crippen LogP contribution in [0.2, 0.25) is 0 Å². The Balaban J connectivity index is 2.34. The van der Waals surface area contributed by atoms with Gasteiger partial charge in [-0.25, -0.2) is 4.79 Å². The minimum Gasteiger partial charge on any atom is -0.481 e. The quantitative estimate of drug-likeness (QED) is 0.154. The summed E-state index contributed by atoms with van der Waals surface area (Å²) in [4.78, 5) is 64.4. The lowest BCUT2D eigenvalue weighted by molar-refractivity contribution is -0.143. The molecule has 2 rings (SSSR count). The van der Waals surface area contributed by atoms with Gasteiger partial charge in [-0.05, 0) is 24.0 Å². The van der Waals surface area contributed by atoms with Crippen LogP contribution in [0.3, 0.4) is 0 Å². The summed E-state index contributed by atoms with van der Waals surface area (Å²) in [5, 5.41) is 35.7. The zero-order valence-corrected chi connectivity index (χ0v) is 20.6. The van der Waals surface area contributed by atoms with Crippen molar-refractivity contribution in [3.8, 4) is 0 Å². The second kappa shape index (κ2) is 13.4. The summed E-state index contributed by atoms with van der Waals surface area (Å²) in [6.07, 6.45) is 0.921. The number of fused-ring (bicyclic) bond motifs is 1. The molecule has 2 aromatic rings. The summed E-state index contributed by atoms with van der Waals surface area (Å²) in [6.45, 7) is 2.86. The number of carboxylic acids is 2. The van der Waals surface area contributed by atoms with Crippen molar-refractivity contribution in [2.24, 2.45) is 11.7 Å². The highest BCUT2D eigenvalue weighted by Gasteiger charge is 2.32. The number of nitrogens with two attached hydrogens (primary N) is 1. The predicted molar refractivity (Wildman–Crippen MR) is 132 cm³/mol. The van der Waals surface area contributed by atoms with E-state index in [2.05, 4.69) is 20.9 Å². The molecule has 37 heavy (non-hydrogen) atoms. The number of carbonyl (C=O) groups excluding carboxylic acids is 3. The number of aliphatic hydroxyl groups excluding tert-OH is 1. The summed E-state index contributed by atoms with van der Waals surface area (Å²) >= 11 is 0. The lowest BCUT2D eigenvalue weighted by atomic mass is 10.0. The first-order valence-electron chi connectivity index (χ1n) is 11.7. The largest absolute Gasteiger partial charge is 0.481 e. The van der Waals surface area contributed by atoms with E-state index in [4.69, 9.17) is 10.8 Å². The molecule has 0 saturated carbocycles. The number of aromatic amines is 1. The maximum absolute atomic E-state index is 13.2. The van der Waals surface area contributed by atoms with E-state index in [-0.39, 0.29) is 18.8 Å². The molecular weight excluding hydrogens is 486 g/mol. The van der Waals surface area contributed by atoms with E-state index in [0.29, 0.717) is 5.56 Å². The van der Waals surface area contributed by atoms with Crippen LogP contribution in [0.15, 0.2) is 30.5 Å². The summed E-state index contributed by atoms with van der Waals surface area (Å²) in [5.41, 5.74) is 6.87. The van der Waals surface area contributed by atoms with Gasteiger partial charge in [-0.2, -0.15) is 0 Å². The number of aliphatic hydroxyl groups is 1. The van der Waals surface area contributed by atoms with E-state index in [1.165, 1.54) is 0 Å². The molecule has 0 fully saturated rings. The second-order valence-electron chi connectivity index (χ2n) is 9.10. The molecular formula is C24H33N5O8. The molecule has 0 aliphatic carbocycles. The number of hydrogen-bond acceptors (Lipinski definition) is 7. The Labute approximate surface area is 212 Å². The minimum absolute atomic E-state index is 0.0473. The van der Waals surface area contributed by atoms with Crippen LogP contribution in [0, 0.1) is 5.92 Å². The molecule has 13 heteroatoms. The zero-order chi connectivity index (χ0) is 27.7. The summed E-state index contributed by atoms with van der Waals surface area (Å²) < 4.78 is 0. The van der Waals surface area contributed by atoms with Gasteiger partial charge in [0.05, 0.1) is 13.0 Å². The van der Waals surface area contributed by atoms with E-state index in [1.54, 1.807) is 32.2 Å². The highest BCUT2D eigenvalue weighted by Crippen LogP contribution is 2.19. The van der Waals surface area contributed by atoms with Gasteiger partial charge in [0.1, 0.15) is 24.2 Å². The average molecular weight is 520 g/mol. The maximum Gasteiger partial charge on any atom is 0.326 e. The fraction of sp³-hybridized carbons (Fsp3) is 0.458. The molecule has 9 N–H and O–H groups in total. The summed E-state index contributed by atoms with van der Waals surface area (Å²) in [5.74, 6) is -5.43. The predicted octanol–water partition coefficient (Wildman–Crippen LogP) is -0.910. The van der Waals surface area contributed by atoms with Crippen LogP contribution in [0.4, 0.5) is 0 Å². The van der Waals surface area contributed by atoms with Crippen LogP contribution in [-0.4, -0.2) is 80.7 Å². The fourth-order valence-corrected chi connectivity index (χ4v) is 3.71. The smallest absolute Gasteiger partial charge is 0.326 e. The SMILES string of the molecule is CC(C)CC(NC(=O)C(Cc1c[nH]c2ccccc12)NC(=O)C(CC(=O)O)NC(=O)C(N)CO)C(=O)O. The minimum atomic E-state index is -1.60. The molecule has 202 valence electrons. The van der Waals surface area contributed by atoms with Gasteiger partial charge < -0.3 is 42.0 Å². The Hall–Kier alpha value is -3.97. The summed E-state index contributed by atoms with van der Waals surface area (Å²) in [7, 11) is 0. The van der Waals surface area contributed by atoms with Crippen molar-refractivity contribution in [1.29, 1.82) is 0 Å². The molecule has 1 aromatic carbocycles. The van der Waals surface area contributed by atoms with Gasteiger partial charge in [-0.15, -0.1) is 0 Å². The van der Waals surface area contributed by atoms with Crippen molar-refractivity contribution in [1.82, 2.24) is 20.9 Å².